The third kappa shape index (κ3) is 6.95. The van der Waals surface area contributed by atoms with Crippen LogP contribution in [0.1, 0.15) is 71.1 Å². The van der Waals surface area contributed by atoms with Crippen LogP contribution in [-0.2, 0) is 4.79 Å². The number of carbonyl (C=O) groups is 1. The normalized spacial score (nSPS) is 22.2. The maximum Gasteiger partial charge on any atom is 0.161 e. The molecule has 122 valence electrons. The van der Waals surface area contributed by atoms with Gasteiger partial charge in [-0.3, -0.25) is 4.79 Å². The Labute approximate surface area is 133 Å². The fourth-order valence-corrected chi connectivity index (χ4v) is 4.68. The van der Waals surface area contributed by atoms with Gasteiger partial charge in [0.1, 0.15) is 0 Å². The largest absolute Gasteiger partial charge is 0.294 e. The molecule has 0 aromatic rings. The highest BCUT2D eigenvalue weighted by atomic mass is 28.3. The van der Waals surface area contributed by atoms with Crippen molar-refractivity contribution in [1.29, 1.82) is 0 Å². The highest BCUT2D eigenvalue weighted by molar-refractivity contribution is 6.76. The van der Waals surface area contributed by atoms with Crippen molar-refractivity contribution in [2.75, 3.05) is 0 Å². The molecule has 0 fully saturated rings. The molecule has 0 saturated heterocycles. The first kappa shape index (κ1) is 18.7. The van der Waals surface area contributed by atoms with Crippen molar-refractivity contribution in [3.05, 3.63) is 12.2 Å². The molecular formula is C19H36OSi. The standard InChI is InChI=1S/C19H36OSi/c1-5-6-7-8-9-10-14-19(15-11-13-18(19)20)16-12-17-21(2,3)4/h11,13H,5-10,12,14-17H2,1-4H3. The molecule has 0 spiro atoms. The van der Waals surface area contributed by atoms with Crippen LogP contribution >= 0.6 is 0 Å². The fraction of sp³-hybridized carbons (Fsp3) is 0.842. The van der Waals surface area contributed by atoms with Crippen molar-refractivity contribution in [3.63, 3.8) is 0 Å². The van der Waals surface area contributed by atoms with Crippen LogP contribution in [0.25, 0.3) is 0 Å². The molecule has 2 heteroatoms. The summed E-state index contributed by atoms with van der Waals surface area (Å²) in [4.78, 5) is 12.3. The summed E-state index contributed by atoms with van der Waals surface area (Å²) in [6, 6.07) is 1.36. The molecule has 0 amide bonds. The molecule has 1 aliphatic rings. The zero-order chi connectivity index (χ0) is 15.8. The van der Waals surface area contributed by atoms with Crippen LogP contribution in [0.15, 0.2) is 12.2 Å². The lowest BCUT2D eigenvalue weighted by Gasteiger charge is -2.29. The summed E-state index contributed by atoms with van der Waals surface area (Å²) in [6.07, 6.45) is 16.4. The van der Waals surface area contributed by atoms with E-state index in [1.54, 1.807) is 0 Å². The van der Waals surface area contributed by atoms with E-state index in [0.29, 0.717) is 5.78 Å². The molecule has 1 rings (SSSR count). The van der Waals surface area contributed by atoms with Gasteiger partial charge in [0.25, 0.3) is 0 Å². The highest BCUT2D eigenvalue weighted by Gasteiger charge is 2.37. The number of hydrogen-bond acceptors (Lipinski definition) is 1. The molecule has 0 radical (unpaired) electrons. The zero-order valence-electron chi connectivity index (χ0n) is 14.8. The quantitative estimate of drug-likeness (QED) is 0.320. The second kappa shape index (κ2) is 8.92. The van der Waals surface area contributed by atoms with Crippen LogP contribution in [0, 0.1) is 5.41 Å². The Morgan fingerprint density at radius 1 is 1.00 bits per heavy atom. The Bertz CT molecular complexity index is 340. The molecule has 1 aliphatic carbocycles. The van der Waals surface area contributed by atoms with E-state index in [1.165, 1.54) is 51.0 Å². The van der Waals surface area contributed by atoms with E-state index < -0.39 is 8.07 Å². The molecular weight excluding hydrogens is 272 g/mol. The summed E-state index contributed by atoms with van der Waals surface area (Å²) in [5.74, 6) is 0.423. The minimum Gasteiger partial charge on any atom is -0.294 e. The Hall–Kier alpha value is -0.373. The molecule has 21 heavy (non-hydrogen) atoms. The third-order valence-corrected chi connectivity index (χ3v) is 6.75. The fourth-order valence-electron chi connectivity index (χ4n) is 3.45. The lowest BCUT2D eigenvalue weighted by Crippen LogP contribution is -2.28. The van der Waals surface area contributed by atoms with Crippen molar-refractivity contribution in [2.24, 2.45) is 5.41 Å². The van der Waals surface area contributed by atoms with Crippen molar-refractivity contribution in [1.82, 2.24) is 0 Å². The zero-order valence-corrected chi connectivity index (χ0v) is 15.8. The third-order valence-electron chi connectivity index (χ3n) is 4.89. The first-order chi connectivity index (χ1) is 9.90. The summed E-state index contributed by atoms with van der Waals surface area (Å²) in [6.45, 7) is 9.56. The van der Waals surface area contributed by atoms with Gasteiger partial charge in [-0.2, -0.15) is 0 Å². The molecule has 0 N–H and O–H groups in total. The van der Waals surface area contributed by atoms with E-state index in [2.05, 4.69) is 32.6 Å². The van der Waals surface area contributed by atoms with Crippen molar-refractivity contribution in [2.45, 2.75) is 96.8 Å². The van der Waals surface area contributed by atoms with Gasteiger partial charge in [-0.1, -0.05) is 83.6 Å². The molecule has 0 heterocycles. The Kier molecular flexibility index (Phi) is 7.93. The summed E-state index contributed by atoms with van der Waals surface area (Å²) < 4.78 is 0. The van der Waals surface area contributed by atoms with Gasteiger partial charge in [0.2, 0.25) is 0 Å². The smallest absolute Gasteiger partial charge is 0.161 e. The molecule has 0 bridgehead atoms. The van der Waals surface area contributed by atoms with Crippen molar-refractivity contribution < 1.29 is 4.79 Å². The van der Waals surface area contributed by atoms with Crippen LogP contribution in [0.4, 0.5) is 0 Å². The molecule has 1 atom stereocenters. The lowest BCUT2D eigenvalue weighted by molar-refractivity contribution is -0.123. The Morgan fingerprint density at radius 2 is 1.62 bits per heavy atom. The van der Waals surface area contributed by atoms with Gasteiger partial charge in [0.05, 0.1) is 0 Å². The predicted molar refractivity (Wildman–Crippen MR) is 96.6 cm³/mol. The van der Waals surface area contributed by atoms with Crippen LogP contribution in [0.5, 0.6) is 0 Å². The predicted octanol–water partition coefficient (Wildman–Crippen LogP) is 6.37. The number of unbranched alkanes of at least 4 members (excludes halogenated alkanes) is 5. The maximum absolute atomic E-state index is 12.3. The Morgan fingerprint density at radius 3 is 2.19 bits per heavy atom. The second-order valence-corrected chi connectivity index (χ2v) is 13.8. The molecule has 1 unspecified atom stereocenters. The summed E-state index contributed by atoms with van der Waals surface area (Å²) in [7, 11) is -0.969. The van der Waals surface area contributed by atoms with Gasteiger partial charge in [-0.25, -0.2) is 0 Å². The average Bonchev–Trinajstić information content (AvgIpc) is 2.74. The van der Waals surface area contributed by atoms with Gasteiger partial charge in [0, 0.05) is 13.5 Å². The van der Waals surface area contributed by atoms with Crippen LogP contribution in [-0.4, -0.2) is 13.9 Å². The summed E-state index contributed by atoms with van der Waals surface area (Å²) >= 11 is 0. The van der Waals surface area contributed by atoms with E-state index in [9.17, 15) is 4.79 Å². The highest BCUT2D eigenvalue weighted by Crippen LogP contribution is 2.41. The summed E-state index contributed by atoms with van der Waals surface area (Å²) in [5.41, 5.74) is -0.00952. The van der Waals surface area contributed by atoms with E-state index >= 15 is 0 Å². The van der Waals surface area contributed by atoms with E-state index in [-0.39, 0.29) is 5.41 Å². The number of rotatable bonds is 11. The van der Waals surface area contributed by atoms with Crippen molar-refractivity contribution in [3.8, 4) is 0 Å². The van der Waals surface area contributed by atoms with Gasteiger partial charge in [-0.15, -0.1) is 0 Å². The number of hydrogen-bond donors (Lipinski definition) is 0. The topological polar surface area (TPSA) is 17.1 Å². The summed E-state index contributed by atoms with van der Waals surface area (Å²) in [5, 5.41) is 0. The van der Waals surface area contributed by atoms with E-state index in [4.69, 9.17) is 0 Å². The van der Waals surface area contributed by atoms with Gasteiger partial charge < -0.3 is 0 Å². The number of allylic oxidation sites excluding steroid dienone is 2. The first-order valence-corrected chi connectivity index (χ1v) is 12.8. The number of ketones is 1. The Balaban J connectivity index is 2.35. The van der Waals surface area contributed by atoms with Crippen molar-refractivity contribution >= 4 is 13.9 Å². The minimum absolute atomic E-state index is 0.00952. The molecule has 0 aromatic carbocycles. The van der Waals surface area contributed by atoms with E-state index in [0.717, 1.165) is 19.3 Å². The van der Waals surface area contributed by atoms with Crippen LogP contribution in [0.2, 0.25) is 25.7 Å². The lowest BCUT2D eigenvalue weighted by atomic mass is 9.76. The van der Waals surface area contributed by atoms with Crippen LogP contribution < -0.4 is 0 Å². The maximum atomic E-state index is 12.3. The molecule has 0 aliphatic heterocycles. The van der Waals surface area contributed by atoms with Gasteiger partial charge in [-0.05, 0) is 25.3 Å². The van der Waals surface area contributed by atoms with Crippen LogP contribution in [0.3, 0.4) is 0 Å². The van der Waals surface area contributed by atoms with E-state index in [1.807, 2.05) is 6.08 Å². The minimum atomic E-state index is -0.969. The monoisotopic (exact) mass is 308 g/mol. The number of carbonyl (C=O) groups excluding carboxylic acids is 1. The van der Waals surface area contributed by atoms with Gasteiger partial charge in [0.15, 0.2) is 5.78 Å². The average molecular weight is 309 g/mol. The second-order valence-electron chi connectivity index (χ2n) is 8.18. The molecule has 0 saturated carbocycles. The first-order valence-electron chi connectivity index (χ1n) is 9.11. The van der Waals surface area contributed by atoms with Gasteiger partial charge >= 0.3 is 0 Å². The molecule has 1 nitrogen and oxygen atoms in total. The molecule has 0 aromatic heterocycles. The SMILES string of the molecule is CCCCCCCCC1(CCC[Si](C)(C)C)CC=CC1=O.